The Morgan fingerprint density at radius 2 is 1.65 bits per heavy atom. The van der Waals surface area contributed by atoms with Gasteiger partial charge in [0.15, 0.2) is 12.4 Å². The van der Waals surface area contributed by atoms with Gasteiger partial charge in [-0.2, -0.15) is 13.2 Å². The zero-order valence-electron chi connectivity index (χ0n) is 32.8. The van der Waals surface area contributed by atoms with Gasteiger partial charge in [-0.3, -0.25) is 4.79 Å². The average molecular weight is 896 g/mol. The monoisotopic (exact) mass is 895 g/mol. The third-order valence-corrected chi connectivity index (χ3v) is 15.3. The Bertz CT molecular complexity index is 2090. The van der Waals surface area contributed by atoms with E-state index in [2.05, 4.69) is 43.3 Å². The Morgan fingerprint density at radius 1 is 0.965 bits per heavy atom. The minimum atomic E-state index is -4.55. The number of rotatable bonds is 9. The molecule has 0 bridgehead atoms. The highest BCUT2D eigenvalue weighted by atomic mass is 127. The van der Waals surface area contributed by atoms with Gasteiger partial charge in [0.05, 0.1) is 4.55 Å². The Labute approximate surface area is 343 Å². The van der Waals surface area contributed by atoms with Crippen LogP contribution in [0.1, 0.15) is 79.8 Å². The lowest BCUT2D eigenvalue weighted by Crippen LogP contribution is -2.61. The zero-order valence-corrected chi connectivity index (χ0v) is 35.0. The summed E-state index contributed by atoms with van der Waals surface area (Å²) in [5, 5.41) is 4.21. The van der Waals surface area contributed by atoms with Crippen molar-refractivity contribution in [3.63, 3.8) is 0 Å². The number of piperidine rings is 3. The van der Waals surface area contributed by atoms with Crippen LogP contribution in [0.4, 0.5) is 24.7 Å². The van der Waals surface area contributed by atoms with Crippen LogP contribution in [0.5, 0.6) is 5.75 Å². The first-order valence-electron chi connectivity index (χ1n) is 20.7. The molecule has 9 rings (SSSR count). The lowest BCUT2D eigenvalue weighted by Gasteiger charge is -2.54. The summed E-state index contributed by atoms with van der Waals surface area (Å²) in [5.41, 5.74) is 5.56. The molecule has 304 valence electrons. The molecule has 0 atom stereocenters. The van der Waals surface area contributed by atoms with Gasteiger partial charge in [0.2, 0.25) is 5.91 Å². The average Bonchev–Trinajstić information content (AvgIpc) is 4.07. The van der Waals surface area contributed by atoms with E-state index in [0.717, 1.165) is 90.7 Å². The number of anilines is 2. The molecule has 1 spiro atoms. The van der Waals surface area contributed by atoms with Crippen molar-refractivity contribution in [1.82, 2.24) is 24.7 Å². The van der Waals surface area contributed by atoms with Crippen LogP contribution in [0.2, 0.25) is 0 Å². The van der Waals surface area contributed by atoms with Crippen LogP contribution in [-0.4, -0.2) is 116 Å². The summed E-state index contributed by atoms with van der Waals surface area (Å²) in [6.07, 6.45) is 7.24. The Balaban J connectivity index is 1.12. The predicted molar refractivity (Wildman–Crippen MR) is 231 cm³/mol. The van der Waals surface area contributed by atoms with E-state index in [1.165, 1.54) is 44.8 Å². The van der Waals surface area contributed by atoms with E-state index in [1.807, 2.05) is 24.0 Å². The van der Waals surface area contributed by atoms with Gasteiger partial charge >= 0.3 is 6.18 Å². The molecule has 6 heterocycles. The van der Waals surface area contributed by atoms with Crippen molar-refractivity contribution in [3.8, 4) is 16.9 Å². The second-order valence-electron chi connectivity index (χ2n) is 17.1. The smallest absolute Gasteiger partial charge is 0.422 e. The van der Waals surface area contributed by atoms with Crippen LogP contribution in [0.3, 0.4) is 0 Å². The number of amides is 1. The summed E-state index contributed by atoms with van der Waals surface area (Å²) in [7, 11) is 0. The van der Waals surface area contributed by atoms with Gasteiger partial charge in [-0.25, -0.2) is 9.97 Å². The van der Waals surface area contributed by atoms with Crippen LogP contribution >= 0.6 is 20.7 Å². The molecule has 1 saturated carbocycles. The number of hydrogen-bond acceptors (Lipinski definition) is 8. The van der Waals surface area contributed by atoms with Gasteiger partial charge < -0.3 is 29.7 Å². The SMILES string of the molecule is C=CC(=O)N1CC2(CCN(c3nc(C4CCN(C5CCN(C6CC6)CC5)CC4)nc4c(OCC(F)(F)F)c(-c5c(C)ccc6c5C=ICN6)c(C=C)cc34)CC2)C1. The summed E-state index contributed by atoms with van der Waals surface area (Å²) in [4.78, 5) is 32.4. The van der Waals surface area contributed by atoms with Crippen molar-refractivity contribution in [2.24, 2.45) is 5.41 Å². The number of carbonyl (C=O) groups is 1. The Hall–Kier alpha value is -3.56. The number of alkyl halides is 4. The number of benzene rings is 2. The maximum atomic E-state index is 14.2. The Kier molecular flexibility index (Phi) is 10.6. The lowest BCUT2D eigenvalue weighted by molar-refractivity contribution is -0.153. The summed E-state index contributed by atoms with van der Waals surface area (Å²) >= 11 is -0.284. The zero-order chi connectivity index (χ0) is 39.5. The summed E-state index contributed by atoms with van der Waals surface area (Å²) in [6.45, 7) is 15.6. The van der Waals surface area contributed by atoms with Gasteiger partial charge in [-0.15, -0.1) is 20.7 Å². The largest absolute Gasteiger partial charge is 0.481 e. The molecule has 9 nitrogen and oxygen atoms in total. The molecule has 6 aliphatic rings. The van der Waals surface area contributed by atoms with Crippen molar-refractivity contribution in [2.75, 3.05) is 73.7 Å². The predicted octanol–water partition coefficient (Wildman–Crippen LogP) is 8.11. The minimum Gasteiger partial charge on any atom is -0.481 e. The molecule has 13 heteroatoms. The van der Waals surface area contributed by atoms with Gasteiger partial charge in [0.1, 0.15) is 17.2 Å². The van der Waals surface area contributed by atoms with Crippen LogP contribution in [0, 0.1) is 12.3 Å². The number of ether oxygens (including phenoxy) is 1. The van der Waals surface area contributed by atoms with Gasteiger partial charge in [0, 0.05) is 71.8 Å². The molecule has 0 unspecified atom stereocenters. The number of nitrogens with zero attached hydrogens (tertiary/aromatic N) is 6. The van der Waals surface area contributed by atoms with E-state index in [1.54, 1.807) is 6.08 Å². The molecule has 3 aromatic rings. The molecule has 5 fully saturated rings. The molecule has 0 radical (unpaired) electrons. The molecular weight excluding hydrogens is 842 g/mol. The highest BCUT2D eigenvalue weighted by molar-refractivity contribution is 14.2. The second kappa shape index (κ2) is 15.6. The molecule has 1 aromatic heterocycles. The van der Waals surface area contributed by atoms with Gasteiger partial charge in [-0.05, 0) is 123 Å². The first kappa shape index (κ1) is 38.9. The fraction of sp³-hybridized carbons (Fsp3) is 0.545. The number of carbonyl (C=O) groups excluding carboxylic acids is 1. The lowest BCUT2D eigenvalue weighted by atomic mass is 9.72. The van der Waals surface area contributed by atoms with E-state index in [0.29, 0.717) is 47.0 Å². The number of nitrogens with one attached hydrogen (secondary N) is 1. The van der Waals surface area contributed by atoms with Crippen molar-refractivity contribution < 1.29 is 22.7 Å². The molecule has 2 aromatic carbocycles. The second-order valence-corrected chi connectivity index (χ2v) is 19.3. The summed E-state index contributed by atoms with van der Waals surface area (Å²) in [5.74, 6) is 1.62. The molecule has 57 heavy (non-hydrogen) atoms. The summed E-state index contributed by atoms with van der Waals surface area (Å²) in [6, 6.07) is 7.51. The van der Waals surface area contributed by atoms with Crippen LogP contribution < -0.4 is 15.0 Å². The third kappa shape index (κ3) is 7.72. The molecular formula is C44H53F3IN7O2. The summed E-state index contributed by atoms with van der Waals surface area (Å²) < 4.78 is 51.7. The topological polar surface area (TPSA) is 77.1 Å². The molecule has 4 saturated heterocycles. The van der Waals surface area contributed by atoms with Crippen molar-refractivity contribution >= 4 is 59.1 Å². The first-order chi connectivity index (χ1) is 27.5. The standard InChI is InChI=1S/C44H53F3IN7O2/c1-4-29-22-33-39(40(57-26-44(45,46)47)38(29)37-28(3)6-9-35-34(37)23-48-27-49-35)50-41(30-10-16-52(17-11-30)32-12-18-53(19-13-32)31-7-8-31)51-42(33)54-20-14-43(15-21-54)24-55(25-43)36(56)5-2/h4-6,9,22-23,30-32,49H,1-2,7-8,10-21,24-27H2,3H3. The Morgan fingerprint density at radius 3 is 2.30 bits per heavy atom. The number of aromatic nitrogens is 2. The van der Waals surface area contributed by atoms with Crippen LogP contribution in [0.15, 0.2) is 37.4 Å². The molecule has 1 aliphatic carbocycles. The molecule has 1 N–H and O–H groups in total. The third-order valence-electron chi connectivity index (χ3n) is 13.4. The fourth-order valence-corrected chi connectivity index (χ4v) is 12.0. The highest BCUT2D eigenvalue weighted by Crippen LogP contribution is 2.49. The minimum absolute atomic E-state index is 0.0337. The van der Waals surface area contributed by atoms with Crippen molar-refractivity contribution in [3.05, 3.63) is 59.9 Å². The normalized spacial score (nSPS) is 22.1. The van der Waals surface area contributed by atoms with Gasteiger partial charge in [-0.1, -0.05) is 25.3 Å². The van der Waals surface area contributed by atoms with Crippen LogP contribution in [0.25, 0.3) is 28.1 Å². The maximum Gasteiger partial charge on any atom is 0.422 e. The van der Waals surface area contributed by atoms with E-state index < -0.39 is 12.8 Å². The van der Waals surface area contributed by atoms with E-state index in [4.69, 9.17) is 14.7 Å². The van der Waals surface area contributed by atoms with Crippen LogP contribution in [-0.2, 0) is 4.79 Å². The molecule has 1 amide bonds. The van der Waals surface area contributed by atoms with Crippen molar-refractivity contribution in [2.45, 2.75) is 82.5 Å². The number of likely N-dealkylation sites (tertiary alicyclic amines) is 3. The highest BCUT2D eigenvalue weighted by Gasteiger charge is 2.47. The van der Waals surface area contributed by atoms with E-state index >= 15 is 0 Å². The number of aryl methyl sites for hydroxylation is 1. The molecule has 5 aliphatic heterocycles. The van der Waals surface area contributed by atoms with E-state index in [-0.39, 0.29) is 43.7 Å². The quantitative estimate of drug-likeness (QED) is 0.100. The van der Waals surface area contributed by atoms with E-state index in [9.17, 15) is 18.0 Å². The van der Waals surface area contributed by atoms with Gasteiger partial charge in [0.25, 0.3) is 0 Å². The number of halogens is 4. The number of fused-ring (bicyclic) bond motifs is 2. The first-order valence-corrected chi connectivity index (χ1v) is 23.4. The fourth-order valence-electron chi connectivity index (χ4n) is 10.1. The maximum absolute atomic E-state index is 14.2. The van der Waals surface area contributed by atoms with Crippen molar-refractivity contribution in [1.29, 1.82) is 0 Å². The number of hydrogen-bond donors (Lipinski definition) is 1.